The van der Waals surface area contributed by atoms with Gasteiger partial charge in [-0.3, -0.25) is 0 Å². The number of rotatable bonds is 7. The fourth-order valence-corrected chi connectivity index (χ4v) is 10.2. The Morgan fingerprint density at radius 1 is 0.647 bits per heavy atom. The van der Waals surface area contributed by atoms with Crippen LogP contribution in [-0.2, 0) is 3.48 Å². The molecule has 165 valence electrons. The lowest BCUT2D eigenvalue weighted by Gasteiger charge is -2.34. The molecule has 5 rings (SSSR count). The van der Waals surface area contributed by atoms with Gasteiger partial charge in [-0.1, -0.05) is 103 Å². The molecule has 0 aliphatic rings. The van der Waals surface area contributed by atoms with Crippen LogP contribution >= 0.6 is 0 Å². The number of fused-ring (bicyclic) bond motifs is 1. The van der Waals surface area contributed by atoms with Crippen LogP contribution in [-0.4, -0.2) is 29.2 Å². The average Bonchev–Trinajstić information content (AvgIpc) is 2.88. The molecule has 0 amide bonds. The summed E-state index contributed by atoms with van der Waals surface area (Å²) in [5.41, 5.74) is 3.08. The van der Waals surface area contributed by atoms with Crippen LogP contribution in [0.1, 0.15) is 11.3 Å². The second kappa shape index (κ2) is 9.97. The van der Waals surface area contributed by atoms with Crippen molar-refractivity contribution in [2.75, 3.05) is 0 Å². The number of benzene rings is 4. The monoisotopic (exact) mass is 474 g/mol. The highest BCUT2D eigenvalue weighted by molar-refractivity contribution is 7.08. The van der Waals surface area contributed by atoms with Crippen LogP contribution in [0.15, 0.2) is 115 Å². The second-order valence-electron chi connectivity index (χ2n) is 8.34. The van der Waals surface area contributed by atoms with E-state index in [1.54, 1.807) is 0 Å². The van der Waals surface area contributed by atoms with Crippen LogP contribution in [0, 0.1) is 13.8 Å². The van der Waals surface area contributed by atoms with Gasteiger partial charge in [-0.05, 0) is 47.1 Å². The molecule has 0 unspecified atom stereocenters. The number of pyridine rings is 1. The fourth-order valence-electron chi connectivity index (χ4n) is 4.52. The molecule has 1 heterocycles. The summed E-state index contributed by atoms with van der Waals surface area (Å²) in [6.07, 6.45) is 0. The van der Waals surface area contributed by atoms with Gasteiger partial charge in [0.25, 0.3) is 8.32 Å². The van der Waals surface area contributed by atoms with Gasteiger partial charge in [0, 0.05) is 11.1 Å². The molecular weight excluding hydrogens is 449 g/mol. The predicted octanol–water partition coefficient (Wildman–Crippen LogP) is 4.45. The Bertz CT molecular complexity index is 1300. The third kappa shape index (κ3) is 4.32. The molecule has 5 heteroatoms. The van der Waals surface area contributed by atoms with Crippen molar-refractivity contribution in [2.45, 2.75) is 13.8 Å². The lowest BCUT2D eigenvalue weighted by Crippen LogP contribution is -2.70. The number of aromatic nitrogens is 1. The van der Waals surface area contributed by atoms with Crippen molar-refractivity contribution in [2.24, 2.45) is 0 Å². The number of para-hydroxylation sites is 1. The van der Waals surface area contributed by atoms with Crippen molar-refractivity contribution in [1.82, 2.24) is 4.98 Å². The Labute approximate surface area is 208 Å². The average molecular weight is 475 g/mol. The van der Waals surface area contributed by atoms with E-state index in [2.05, 4.69) is 110 Å². The normalized spacial score (nSPS) is 11.4. The molecule has 0 bridgehead atoms. The van der Waals surface area contributed by atoms with Gasteiger partial charge in [0.05, 0.1) is 0 Å². The van der Waals surface area contributed by atoms with Crippen molar-refractivity contribution in [3.63, 3.8) is 0 Å². The molecule has 0 spiro atoms. The Kier molecular flexibility index (Phi) is 6.62. The highest BCUT2D eigenvalue weighted by Gasteiger charge is 2.42. The van der Waals surface area contributed by atoms with Crippen molar-refractivity contribution in [1.29, 1.82) is 0 Å². The maximum absolute atomic E-state index is 6.97. The van der Waals surface area contributed by atoms with Gasteiger partial charge in [0.15, 0.2) is 0 Å². The number of nitrogens with zero attached hydrogens (tertiary/aromatic N) is 1. The molecule has 0 saturated heterocycles. The minimum Gasteiger partial charge on any atom is -0.625 e. The summed E-state index contributed by atoms with van der Waals surface area (Å²) < 4.78 is 13.4. The molecular formula is C29H25AlNO2Si. The first-order chi connectivity index (χ1) is 16.7. The molecule has 34 heavy (non-hydrogen) atoms. The summed E-state index contributed by atoms with van der Waals surface area (Å²) in [6.45, 7) is 4.13. The van der Waals surface area contributed by atoms with Gasteiger partial charge in [0.2, 0.25) is 0 Å². The van der Waals surface area contributed by atoms with E-state index in [4.69, 9.17) is 12.3 Å². The molecule has 1 aromatic heterocycles. The van der Waals surface area contributed by atoms with E-state index in [0.29, 0.717) is 0 Å². The fraction of sp³-hybridized carbons (Fsp3) is 0.0690. The number of aryl methyl sites for hydroxylation is 2. The Balaban J connectivity index is 1.57. The number of hydrogen-bond donors (Lipinski definition) is 0. The van der Waals surface area contributed by atoms with Crippen LogP contribution in [0.25, 0.3) is 10.9 Å². The van der Waals surface area contributed by atoms with Crippen LogP contribution in [0.3, 0.4) is 0 Å². The Hall–Kier alpha value is -3.20. The quantitative estimate of drug-likeness (QED) is 0.258. The third-order valence-electron chi connectivity index (χ3n) is 6.08. The van der Waals surface area contributed by atoms with E-state index in [1.807, 2.05) is 19.1 Å². The molecule has 1 radical (unpaired) electrons. The Morgan fingerprint density at radius 2 is 1.18 bits per heavy atom. The molecule has 0 aliphatic heterocycles. The van der Waals surface area contributed by atoms with E-state index < -0.39 is 24.2 Å². The van der Waals surface area contributed by atoms with Gasteiger partial charge in [-0.25, -0.2) is 4.98 Å². The number of hydrogen-bond acceptors (Lipinski definition) is 3. The predicted molar refractivity (Wildman–Crippen MR) is 143 cm³/mol. The summed E-state index contributed by atoms with van der Waals surface area (Å²) in [5.74, 6) is 0.774. The van der Waals surface area contributed by atoms with E-state index in [1.165, 1.54) is 21.1 Å². The van der Waals surface area contributed by atoms with Gasteiger partial charge < -0.3 is 7.27 Å². The summed E-state index contributed by atoms with van der Waals surface area (Å²) in [6, 6.07) is 39.9. The first-order valence-electron chi connectivity index (χ1n) is 11.4. The van der Waals surface area contributed by atoms with Gasteiger partial charge >= 0.3 is 15.9 Å². The minimum absolute atomic E-state index is 0.774. The van der Waals surface area contributed by atoms with Gasteiger partial charge in [-0.2, -0.15) is 0 Å². The topological polar surface area (TPSA) is 31.4 Å². The van der Waals surface area contributed by atoms with Gasteiger partial charge in [0.1, 0.15) is 11.3 Å². The van der Waals surface area contributed by atoms with Crippen molar-refractivity contribution >= 4 is 50.7 Å². The first kappa shape index (κ1) is 22.6. The molecule has 0 aliphatic carbocycles. The maximum Gasteiger partial charge on any atom is 0.763 e. The Morgan fingerprint density at radius 3 is 1.71 bits per heavy atom. The van der Waals surface area contributed by atoms with E-state index in [0.717, 1.165) is 22.3 Å². The lowest BCUT2D eigenvalue weighted by molar-refractivity contribution is 0.469. The van der Waals surface area contributed by atoms with Crippen LogP contribution in [0.5, 0.6) is 5.75 Å². The van der Waals surface area contributed by atoms with Crippen LogP contribution < -0.4 is 19.3 Å². The summed E-state index contributed by atoms with van der Waals surface area (Å²) in [5, 5.41) is 4.71. The van der Waals surface area contributed by atoms with Crippen molar-refractivity contribution in [3.05, 3.63) is 127 Å². The minimum atomic E-state index is -2.78. The molecule has 5 aromatic rings. The highest BCUT2D eigenvalue weighted by Crippen LogP contribution is 2.26. The second-order valence-corrected chi connectivity index (χ2v) is 12.8. The standard InChI is InChI=1S/C18H15OSi.C11H11NO.Al/c19-20(16-10-4-1-5-11-16,17-12-6-2-7-13-17)18-14-8-3-9-15-18;1-7-6-8(2)12-11-9(7)4-3-5-10(11)13;/h1-15H;3-6,13H,1-2H3;/q-1;;+2/p-1. The van der Waals surface area contributed by atoms with Crippen LogP contribution in [0.4, 0.5) is 0 Å². The zero-order valence-corrected chi connectivity index (χ0v) is 21.5. The highest BCUT2D eigenvalue weighted by atomic mass is 28.4. The van der Waals surface area contributed by atoms with Gasteiger partial charge in [-0.15, -0.1) is 0 Å². The smallest absolute Gasteiger partial charge is 0.625 e. The molecule has 0 N–H and O–H groups in total. The molecule has 3 nitrogen and oxygen atoms in total. The largest absolute Gasteiger partial charge is 0.763 e. The maximum atomic E-state index is 6.97. The zero-order chi connectivity index (χ0) is 23.4. The third-order valence-corrected chi connectivity index (χ3v) is 11.7. The van der Waals surface area contributed by atoms with E-state index >= 15 is 0 Å². The van der Waals surface area contributed by atoms with Crippen molar-refractivity contribution < 1.29 is 7.27 Å². The SMILES string of the molecule is Cc1cc(C)c2cccc([O][Al][O][Si](c3ccccc3)(c3ccccc3)c3ccccc3)c2n1. The first-order valence-corrected chi connectivity index (χ1v) is 14.2. The van der Waals surface area contributed by atoms with E-state index in [9.17, 15) is 0 Å². The summed E-state index contributed by atoms with van der Waals surface area (Å²) in [4.78, 5) is 4.77. The van der Waals surface area contributed by atoms with Crippen molar-refractivity contribution in [3.8, 4) is 5.75 Å². The van der Waals surface area contributed by atoms with E-state index in [-0.39, 0.29) is 0 Å². The molecule has 0 atom stereocenters. The van der Waals surface area contributed by atoms with Crippen LogP contribution in [0.2, 0.25) is 0 Å². The zero-order valence-electron chi connectivity index (χ0n) is 19.3. The molecule has 4 aromatic carbocycles. The summed E-state index contributed by atoms with van der Waals surface area (Å²) in [7, 11) is -2.78. The molecule has 0 fully saturated rings. The lowest BCUT2D eigenvalue weighted by atomic mass is 10.1. The molecule has 0 saturated carbocycles. The summed E-state index contributed by atoms with van der Waals surface area (Å²) >= 11 is -0.799.